The number of unbranched alkanes of at least 4 members (excludes halogenated alkanes) is 27. The van der Waals surface area contributed by atoms with Gasteiger partial charge in [0.1, 0.15) is 6.10 Å². The third kappa shape index (κ3) is 44.2. The fraction of sp³-hybridized carbons (Fsp3) is 0.818. The third-order valence-corrected chi connectivity index (χ3v) is 11.9. The number of carbonyl (C=O) groups is 2. The first-order chi connectivity index (χ1) is 30.0. The van der Waals surface area contributed by atoms with Gasteiger partial charge in [-0.1, -0.05) is 236 Å². The lowest BCUT2D eigenvalue weighted by Gasteiger charge is -2.24. The molecule has 0 aromatic rings. The number of allylic oxidation sites excluding steroid dienone is 8. The van der Waals surface area contributed by atoms with Crippen molar-refractivity contribution in [1.29, 1.82) is 0 Å². The van der Waals surface area contributed by atoms with Gasteiger partial charge < -0.3 is 20.3 Å². The van der Waals surface area contributed by atoms with Crippen LogP contribution in [0.1, 0.15) is 265 Å². The Labute approximate surface area is 378 Å². The van der Waals surface area contributed by atoms with E-state index >= 15 is 0 Å². The van der Waals surface area contributed by atoms with Gasteiger partial charge in [-0.3, -0.25) is 9.59 Å². The number of rotatable bonds is 47. The van der Waals surface area contributed by atoms with Crippen LogP contribution in [0.3, 0.4) is 0 Å². The predicted octanol–water partition coefficient (Wildman–Crippen LogP) is 15.8. The maximum Gasteiger partial charge on any atom is 0.306 e. The number of ether oxygens (including phenoxy) is 1. The highest BCUT2D eigenvalue weighted by molar-refractivity contribution is 5.77. The van der Waals surface area contributed by atoms with E-state index in [-0.39, 0.29) is 24.9 Å². The predicted molar refractivity (Wildman–Crippen MR) is 264 cm³/mol. The van der Waals surface area contributed by atoms with Crippen LogP contribution in [-0.4, -0.2) is 46.9 Å². The molecular weight excluding hydrogens is 755 g/mol. The van der Waals surface area contributed by atoms with Crippen molar-refractivity contribution in [3.8, 4) is 0 Å². The van der Waals surface area contributed by atoms with E-state index in [1.807, 2.05) is 0 Å². The monoisotopic (exact) mass is 856 g/mol. The molecule has 0 aromatic carbocycles. The number of hydrogen-bond acceptors (Lipinski definition) is 5. The summed E-state index contributed by atoms with van der Waals surface area (Å²) in [6, 6.07) is -0.710. The molecule has 6 nitrogen and oxygen atoms in total. The normalized spacial score (nSPS) is 13.6. The summed E-state index contributed by atoms with van der Waals surface area (Å²) in [6.07, 6.45) is 58.9. The van der Waals surface area contributed by atoms with Gasteiger partial charge in [-0.15, -0.1) is 0 Å². The molecule has 0 aliphatic rings. The Balaban J connectivity index is 4.55. The van der Waals surface area contributed by atoms with Crippen molar-refractivity contribution in [1.82, 2.24) is 5.32 Å². The number of carbonyl (C=O) groups excluding carboxylic acids is 2. The van der Waals surface area contributed by atoms with Crippen molar-refractivity contribution in [2.24, 2.45) is 0 Å². The van der Waals surface area contributed by atoms with Crippen molar-refractivity contribution in [3.05, 3.63) is 48.6 Å². The van der Waals surface area contributed by atoms with Gasteiger partial charge in [-0.05, 0) is 64.2 Å². The molecule has 0 bridgehead atoms. The fourth-order valence-corrected chi connectivity index (χ4v) is 7.89. The molecule has 3 unspecified atom stereocenters. The Kier molecular flexibility index (Phi) is 47.1. The van der Waals surface area contributed by atoms with Gasteiger partial charge in [0.25, 0.3) is 0 Å². The van der Waals surface area contributed by atoms with Crippen molar-refractivity contribution in [2.75, 3.05) is 6.61 Å². The average Bonchev–Trinajstić information content (AvgIpc) is 3.25. The highest BCUT2D eigenvalue weighted by Gasteiger charge is 2.24. The quantitative estimate of drug-likeness (QED) is 0.0322. The molecule has 61 heavy (non-hydrogen) atoms. The summed E-state index contributed by atoms with van der Waals surface area (Å²) in [7, 11) is 0. The minimum Gasteiger partial charge on any atom is -0.462 e. The van der Waals surface area contributed by atoms with Gasteiger partial charge in [0, 0.05) is 6.42 Å². The van der Waals surface area contributed by atoms with Crippen molar-refractivity contribution in [3.63, 3.8) is 0 Å². The number of nitrogens with one attached hydrogen (secondary N) is 1. The van der Waals surface area contributed by atoms with Crippen molar-refractivity contribution >= 4 is 11.9 Å². The number of aliphatic hydroxyl groups is 2. The summed E-state index contributed by atoms with van der Waals surface area (Å²) >= 11 is 0. The average molecular weight is 856 g/mol. The SMILES string of the molecule is CCCCC/C=C\C/C=C\C/C=C\C/C=C\CCCC(=O)OC(CCCCCCCCCCCC)CC(=O)NC(CO)C(O)CCCCCCCCCCCCCCCCC. The number of aliphatic hydroxyl groups excluding tert-OH is 2. The molecule has 0 rings (SSSR count). The standard InChI is InChI=1S/C55H101NO5/c1-4-7-10-13-16-19-22-24-26-27-29-31-33-36-39-42-45-48-55(60)61-51(46-43-40-37-34-21-18-15-12-9-6-3)49-54(59)56-52(50-57)53(58)47-44-41-38-35-32-30-28-25-23-20-17-14-11-8-5-2/h16,19,24,26,29,31,36,39,51-53,57-58H,4-15,17-18,20-23,25,27-28,30,32-35,37-38,40-50H2,1-3H3,(H,56,59)/b19-16-,26-24-,31-29-,39-36-. The zero-order valence-corrected chi connectivity index (χ0v) is 40.5. The molecule has 0 aliphatic heterocycles. The third-order valence-electron chi connectivity index (χ3n) is 11.9. The Hall–Kier alpha value is -2.18. The molecular formula is C55H101NO5. The van der Waals surface area contributed by atoms with Gasteiger partial charge in [0.2, 0.25) is 5.91 Å². The molecule has 0 saturated carbocycles. The molecule has 3 N–H and O–H groups in total. The number of esters is 1. The Morgan fingerprint density at radius 2 is 0.836 bits per heavy atom. The number of hydrogen-bond donors (Lipinski definition) is 3. The van der Waals surface area contributed by atoms with Gasteiger partial charge in [-0.2, -0.15) is 0 Å². The summed E-state index contributed by atoms with van der Waals surface area (Å²) in [6.45, 7) is 6.45. The summed E-state index contributed by atoms with van der Waals surface area (Å²) in [4.78, 5) is 26.1. The molecule has 0 aromatic heterocycles. The molecule has 0 aliphatic carbocycles. The van der Waals surface area contributed by atoms with Gasteiger partial charge >= 0.3 is 5.97 Å². The maximum atomic E-state index is 13.2. The largest absolute Gasteiger partial charge is 0.462 e. The lowest BCUT2D eigenvalue weighted by Crippen LogP contribution is -2.46. The highest BCUT2D eigenvalue weighted by atomic mass is 16.5. The minimum absolute atomic E-state index is 0.0581. The van der Waals surface area contributed by atoms with Crippen molar-refractivity contribution in [2.45, 2.75) is 283 Å². The van der Waals surface area contributed by atoms with E-state index in [4.69, 9.17) is 4.74 Å². The topological polar surface area (TPSA) is 95.9 Å². The maximum absolute atomic E-state index is 13.2. The molecule has 0 heterocycles. The van der Waals surface area contributed by atoms with Gasteiger partial charge in [0.05, 0.1) is 25.2 Å². The van der Waals surface area contributed by atoms with Crippen LogP contribution in [-0.2, 0) is 14.3 Å². The second-order valence-corrected chi connectivity index (χ2v) is 17.9. The fourth-order valence-electron chi connectivity index (χ4n) is 7.89. The Bertz CT molecular complexity index is 1050. The van der Waals surface area contributed by atoms with E-state index < -0.39 is 18.2 Å². The molecule has 0 fully saturated rings. The van der Waals surface area contributed by atoms with E-state index in [1.165, 1.54) is 148 Å². The number of amides is 1. The van der Waals surface area contributed by atoms with Crippen LogP contribution in [0.4, 0.5) is 0 Å². The second-order valence-electron chi connectivity index (χ2n) is 17.9. The van der Waals surface area contributed by atoms with Crippen LogP contribution >= 0.6 is 0 Å². The molecule has 3 atom stereocenters. The summed E-state index contributed by atoms with van der Waals surface area (Å²) in [5.74, 6) is -0.534. The first-order valence-electron chi connectivity index (χ1n) is 26.4. The summed E-state index contributed by atoms with van der Waals surface area (Å²) in [5.41, 5.74) is 0. The summed E-state index contributed by atoms with van der Waals surface area (Å²) in [5, 5.41) is 23.8. The van der Waals surface area contributed by atoms with E-state index in [9.17, 15) is 19.8 Å². The molecule has 0 radical (unpaired) electrons. The zero-order chi connectivity index (χ0) is 44.5. The lowest BCUT2D eigenvalue weighted by atomic mass is 10.0. The van der Waals surface area contributed by atoms with Crippen LogP contribution in [0.5, 0.6) is 0 Å². The van der Waals surface area contributed by atoms with E-state index in [0.29, 0.717) is 25.7 Å². The minimum atomic E-state index is -0.795. The van der Waals surface area contributed by atoms with Gasteiger partial charge in [-0.25, -0.2) is 0 Å². The lowest BCUT2D eigenvalue weighted by molar-refractivity contribution is -0.151. The van der Waals surface area contributed by atoms with Crippen LogP contribution in [0.15, 0.2) is 48.6 Å². The Morgan fingerprint density at radius 3 is 1.26 bits per heavy atom. The van der Waals surface area contributed by atoms with Crippen LogP contribution < -0.4 is 5.32 Å². The van der Waals surface area contributed by atoms with Crippen LogP contribution in [0, 0.1) is 0 Å². The Morgan fingerprint density at radius 1 is 0.475 bits per heavy atom. The first-order valence-corrected chi connectivity index (χ1v) is 26.4. The second kappa shape index (κ2) is 48.8. The zero-order valence-electron chi connectivity index (χ0n) is 40.5. The van der Waals surface area contributed by atoms with Crippen LogP contribution in [0.25, 0.3) is 0 Å². The molecule has 356 valence electrons. The molecule has 6 heteroatoms. The van der Waals surface area contributed by atoms with E-state index in [2.05, 4.69) is 74.7 Å². The molecule has 0 spiro atoms. The summed E-state index contributed by atoms with van der Waals surface area (Å²) < 4.78 is 5.90. The smallest absolute Gasteiger partial charge is 0.306 e. The van der Waals surface area contributed by atoms with E-state index in [1.54, 1.807) is 0 Å². The van der Waals surface area contributed by atoms with Crippen molar-refractivity contribution < 1.29 is 24.5 Å². The molecule has 0 saturated heterocycles. The molecule has 1 amide bonds. The van der Waals surface area contributed by atoms with Gasteiger partial charge in [0.15, 0.2) is 0 Å². The van der Waals surface area contributed by atoms with Crippen LogP contribution in [0.2, 0.25) is 0 Å². The van der Waals surface area contributed by atoms with E-state index in [0.717, 1.165) is 64.2 Å². The first kappa shape index (κ1) is 58.8. The highest BCUT2D eigenvalue weighted by Crippen LogP contribution is 2.18.